The summed E-state index contributed by atoms with van der Waals surface area (Å²) in [6.07, 6.45) is 0. The van der Waals surface area contributed by atoms with Crippen LogP contribution in [0.3, 0.4) is 0 Å². The Kier molecular flexibility index (Phi) is 4.23. The summed E-state index contributed by atoms with van der Waals surface area (Å²) in [6, 6.07) is 6.28. The molecule has 0 aliphatic carbocycles. The maximum atomic E-state index is 10.7. The van der Waals surface area contributed by atoms with E-state index < -0.39 is 5.97 Å². The lowest BCUT2D eigenvalue weighted by molar-refractivity contribution is 0.0697. The van der Waals surface area contributed by atoms with Gasteiger partial charge in [-0.2, -0.15) is 0 Å². The summed E-state index contributed by atoms with van der Waals surface area (Å²) in [5, 5.41) is 17.6. The van der Waals surface area contributed by atoms with E-state index in [9.17, 15) is 4.79 Å². The maximum Gasteiger partial charge on any atom is 0.335 e. The average molecular weight is 282 g/mol. The Hall–Kier alpha value is -1.52. The molecule has 0 spiro atoms. The molecule has 0 radical (unpaired) electrons. The third kappa shape index (κ3) is 3.24. The fourth-order valence-electron chi connectivity index (χ4n) is 1.25. The normalized spacial score (nSPS) is 10.9. The van der Waals surface area contributed by atoms with Crippen LogP contribution in [0.1, 0.15) is 15.4 Å². The molecule has 0 aliphatic heterocycles. The number of carboxylic acids is 1. The topological polar surface area (TPSA) is 72.3 Å². The van der Waals surface area contributed by atoms with Gasteiger partial charge in [0.25, 0.3) is 0 Å². The number of rotatable bonds is 5. The third-order valence-corrected chi connectivity index (χ3v) is 4.30. The number of aromatic carboxylic acids is 1. The Morgan fingerprint density at radius 2 is 2.11 bits per heavy atom. The van der Waals surface area contributed by atoms with Gasteiger partial charge in [-0.3, -0.25) is 0 Å². The highest BCUT2D eigenvalue weighted by Gasteiger charge is 2.05. The van der Waals surface area contributed by atoms with E-state index in [0.29, 0.717) is 20.9 Å². The monoisotopic (exact) mass is 282 g/mol. The van der Waals surface area contributed by atoms with Gasteiger partial charge >= 0.3 is 5.97 Å². The fourth-order valence-corrected chi connectivity index (χ4v) is 2.67. The molecule has 1 aromatic heterocycles. The molecule has 0 amide bonds. The summed E-state index contributed by atoms with van der Waals surface area (Å²) in [4.78, 5) is 10.7. The van der Waals surface area contributed by atoms with E-state index >= 15 is 0 Å². The molecule has 1 N–H and O–H groups in total. The van der Waals surface area contributed by atoms with E-state index in [1.807, 2.05) is 0 Å². The Morgan fingerprint density at radius 1 is 1.39 bits per heavy atom. The zero-order valence-electron chi connectivity index (χ0n) is 9.58. The molecule has 0 aliphatic rings. The van der Waals surface area contributed by atoms with Crippen molar-refractivity contribution in [1.29, 1.82) is 0 Å². The van der Waals surface area contributed by atoms with Crippen molar-refractivity contribution in [3.05, 3.63) is 34.8 Å². The van der Waals surface area contributed by atoms with E-state index in [1.54, 1.807) is 12.1 Å². The van der Waals surface area contributed by atoms with Crippen LogP contribution in [0.15, 0.2) is 24.3 Å². The van der Waals surface area contributed by atoms with Crippen LogP contribution in [-0.2, 0) is 6.61 Å². The van der Waals surface area contributed by atoms with Crippen LogP contribution in [-0.4, -0.2) is 27.9 Å². The number of carbonyl (C=O) groups is 1. The van der Waals surface area contributed by atoms with Gasteiger partial charge in [-0.25, -0.2) is 4.79 Å². The molecule has 18 heavy (non-hydrogen) atoms. The van der Waals surface area contributed by atoms with Gasteiger partial charge in [0, 0.05) is 0 Å². The number of ether oxygens (including phenoxy) is 1. The molecular formula is C11H11N2O3PS. The minimum absolute atomic E-state index is 0.243. The van der Waals surface area contributed by atoms with Crippen LogP contribution in [0, 0.1) is 0 Å². The minimum atomic E-state index is -0.945. The standard InChI is InChI=1S/C11H11N2O3PS/c1-17-11-13-12-9(18-11)6-16-8-4-2-7(3-5-8)10(14)15/h2-5,17H,6H2,1H3,(H,14,15). The zero-order chi connectivity index (χ0) is 13.0. The summed E-state index contributed by atoms with van der Waals surface area (Å²) in [7, 11) is 0.641. The first-order valence-corrected chi connectivity index (χ1v) is 7.47. The van der Waals surface area contributed by atoms with Gasteiger partial charge in [0.2, 0.25) is 0 Å². The van der Waals surface area contributed by atoms with Gasteiger partial charge in [-0.05, 0) is 30.9 Å². The van der Waals surface area contributed by atoms with Crippen molar-refractivity contribution < 1.29 is 14.6 Å². The van der Waals surface area contributed by atoms with Crippen molar-refractivity contribution >= 4 is 30.6 Å². The molecule has 1 atom stereocenters. The van der Waals surface area contributed by atoms with Crippen LogP contribution in [0.2, 0.25) is 0 Å². The summed E-state index contributed by atoms with van der Waals surface area (Å²) in [5.41, 5.74) is 0.243. The summed E-state index contributed by atoms with van der Waals surface area (Å²) in [5.74, 6) is -0.324. The lowest BCUT2D eigenvalue weighted by Gasteiger charge is -2.03. The second-order valence-electron chi connectivity index (χ2n) is 3.37. The van der Waals surface area contributed by atoms with Gasteiger partial charge in [0.05, 0.1) is 5.56 Å². The highest BCUT2D eigenvalue weighted by atomic mass is 32.1. The minimum Gasteiger partial charge on any atom is -0.486 e. The van der Waals surface area contributed by atoms with Gasteiger partial charge in [-0.1, -0.05) is 19.9 Å². The Morgan fingerprint density at radius 3 is 2.67 bits per heavy atom. The molecule has 0 fully saturated rings. The van der Waals surface area contributed by atoms with Crippen molar-refractivity contribution in [2.24, 2.45) is 0 Å². The van der Waals surface area contributed by atoms with Gasteiger partial charge in [0.15, 0.2) is 5.01 Å². The smallest absolute Gasteiger partial charge is 0.335 e. The molecular weight excluding hydrogens is 271 g/mol. The van der Waals surface area contributed by atoms with Crippen molar-refractivity contribution in [2.45, 2.75) is 6.61 Å². The highest BCUT2D eigenvalue weighted by Crippen LogP contribution is 2.15. The second kappa shape index (κ2) is 5.89. The van der Waals surface area contributed by atoms with Gasteiger partial charge < -0.3 is 9.84 Å². The molecule has 2 rings (SSSR count). The summed E-state index contributed by atoms with van der Waals surface area (Å²) < 4.78 is 6.51. The third-order valence-electron chi connectivity index (χ3n) is 2.14. The lowest BCUT2D eigenvalue weighted by Crippen LogP contribution is -1.97. The number of hydrogen-bond acceptors (Lipinski definition) is 5. The van der Waals surface area contributed by atoms with Crippen LogP contribution >= 0.6 is 19.9 Å². The number of carboxylic acid groups (broad SMARTS) is 1. The van der Waals surface area contributed by atoms with E-state index in [2.05, 4.69) is 16.9 Å². The van der Waals surface area contributed by atoms with Crippen LogP contribution < -0.4 is 9.49 Å². The molecule has 0 saturated heterocycles. The number of nitrogens with zero attached hydrogens (tertiary/aromatic N) is 2. The molecule has 1 heterocycles. The SMILES string of the molecule is CPc1nnc(COc2ccc(C(=O)O)cc2)s1. The molecule has 5 nitrogen and oxygen atoms in total. The van der Waals surface area contributed by atoms with E-state index in [0.717, 1.165) is 9.76 Å². The Labute approximate surface area is 110 Å². The van der Waals surface area contributed by atoms with E-state index in [1.165, 1.54) is 23.5 Å². The average Bonchev–Trinajstić information content (AvgIpc) is 2.85. The van der Waals surface area contributed by atoms with Crippen molar-refractivity contribution in [2.75, 3.05) is 6.66 Å². The molecule has 7 heteroatoms. The zero-order valence-corrected chi connectivity index (χ0v) is 11.4. The van der Waals surface area contributed by atoms with Crippen LogP contribution in [0.5, 0.6) is 5.75 Å². The first-order valence-electron chi connectivity index (χ1n) is 5.15. The van der Waals surface area contributed by atoms with Crippen molar-refractivity contribution in [1.82, 2.24) is 10.2 Å². The first kappa shape index (κ1) is 12.9. The quantitative estimate of drug-likeness (QED) is 0.846. The van der Waals surface area contributed by atoms with Crippen LogP contribution in [0.25, 0.3) is 0 Å². The summed E-state index contributed by atoms with van der Waals surface area (Å²) in [6.45, 7) is 2.41. The highest BCUT2D eigenvalue weighted by molar-refractivity contribution is 7.55. The van der Waals surface area contributed by atoms with Crippen molar-refractivity contribution in [3.8, 4) is 5.75 Å². The first-order chi connectivity index (χ1) is 8.69. The predicted octanol–water partition coefficient (Wildman–Crippen LogP) is 1.75. The maximum absolute atomic E-state index is 10.7. The largest absolute Gasteiger partial charge is 0.486 e. The molecule has 0 bridgehead atoms. The van der Waals surface area contributed by atoms with Crippen molar-refractivity contribution in [3.63, 3.8) is 0 Å². The molecule has 0 saturated carbocycles. The Balaban J connectivity index is 1.95. The molecule has 1 unspecified atom stereocenters. The predicted molar refractivity (Wildman–Crippen MR) is 71.5 cm³/mol. The number of hydrogen-bond donors (Lipinski definition) is 1. The van der Waals surface area contributed by atoms with Gasteiger partial charge in [-0.15, -0.1) is 10.2 Å². The number of aromatic nitrogens is 2. The lowest BCUT2D eigenvalue weighted by atomic mass is 10.2. The molecule has 1 aromatic carbocycles. The summed E-state index contributed by atoms with van der Waals surface area (Å²) >= 11 is 1.53. The Bertz CT molecular complexity index is 541. The number of benzene rings is 1. The van der Waals surface area contributed by atoms with E-state index in [4.69, 9.17) is 9.84 Å². The second-order valence-corrected chi connectivity index (χ2v) is 5.77. The van der Waals surface area contributed by atoms with Gasteiger partial charge in [0.1, 0.15) is 17.1 Å². The molecule has 2 aromatic rings. The van der Waals surface area contributed by atoms with Crippen LogP contribution in [0.4, 0.5) is 0 Å². The van der Waals surface area contributed by atoms with E-state index in [-0.39, 0.29) is 5.56 Å². The molecule has 94 valence electrons. The fraction of sp³-hybridized carbons (Fsp3) is 0.182.